The Morgan fingerprint density at radius 3 is 2.41 bits per heavy atom. The van der Waals surface area contributed by atoms with Crippen molar-refractivity contribution in [3.05, 3.63) is 20.3 Å². The first-order chi connectivity index (χ1) is 7.35. The molecule has 2 N–H and O–H groups in total. The van der Waals surface area contributed by atoms with Crippen LogP contribution in [0.3, 0.4) is 0 Å². The molecule has 2 nitrogen and oxygen atoms in total. The van der Waals surface area contributed by atoms with Gasteiger partial charge in [0.1, 0.15) is 4.34 Å². The van der Waals surface area contributed by atoms with Crippen LogP contribution in [0.15, 0.2) is 5.38 Å². The van der Waals surface area contributed by atoms with Crippen molar-refractivity contribution in [3.63, 3.8) is 0 Å². The Bertz CT molecular complexity index is 352. The number of hydrogen-bond acceptors (Lipinski definition) is 3. The van der Waals surface area contributed by atoms with Crippen molar-refractivity contribution in [2.45, 2.75) is 20.4 Å². The second-order valence-electron chi connectivity index (χ2n) is 4.89. The van der Waals surface area contributed by atoms with Gasteiger partial charge in [-0.25, -0.2) is 0 Å². The quantitative estimate of drug-likeness (QED) is 0.892. The van der Waals surface area contributed by atoms with Crippen LogP contribution < -0.4 is 5.73 Å². The molecular weight excluding hydrogens is 299 g/mol. The summed E-state index contributed by atoms with van der Waals surface area (Å²) >= 11 is 13.5. The van der Waals surface area contributed by atoms with Crippen molar-refractivity contribution in [1.82, 2.24) is 4.90 Å². The van der Waals surface area contributed by atoms with Crippen molar-refractivity contribution >= 4 is 46.9 Å². The molecule has 0 aromatic carbocycles. The van der Waals surface area contributed by atoms with Crippen LogP contribution >= 0.6 is 46.9 Å². The summed E-state index contributed by atoms with van der Waals surface area (Å²) in [4.78, 5) is 2.22. The molecule has 6 heteroatoms. The maximum Gasteiger partial charge on any atom is 0.112 e. The van der Waals surface area contributed by atoms with Crippen molar-refractivity contribution in [2.24, 2.45) is 11.1 Å². The minimum atomic E-state index is 0. The number of thiophene rings is 1. The molecule has 0 unspecified atom stereocenters. The summed E-state index contributed by atoms with van der Waals surface area (Å²) < 4.78 is 0.670. The van der Waals surface area contributed by atoms with Gasteiger partial charge in [0.2, 0.25) is 0 Å². The third-order valence-electron chi connectivity index (χ3n) is 2.45. The van der Waals surface area contributed by atoms with Crippen LogP contribution in [0.5, 0.6) is 0 Å². The van der Waals surface area contributed by atoms with E-state index >= 15 is 0 Å². The number of nitrogens with two attached hydrogens (primary N) is 1. The topological polar surface area (TPSA) is 29.3 Å². The fraction of sp³-hybridized carbons (Fsp3) is 0.636. The zero-order valence-corrected chi connectivity index (χ0v) is 13.4. The van der Waals surface area contributed by atoms with E-state index in [0.29, 0.717) is 15.9 Å². The largest absolute Gasteiger partial charge is 0.330 e. The average molecular weight is 318 g/mol. The molecule has 0 spiro atoms. The molecule has 1 aromatic heterocycles. The van der Waals surface area contributed by atoms with Crippen LogP contribution in [0.1, 0.15) is 19.4 Å². The van der Waals surface area contributed by atoms with Crippen molar-refractivity contribution < 1.29 is 0 Å². The molecule has 0 fully saturated rings. The minimum absolute atomic E-state index is 0. The lowest BCUT2D eigenvalue weighted by molar-refractivity contribution is 0.210. The molecule has 0 aliphatic heterocycles. The van der Waals surface area contributed by atoms with Crippen LogP contribution in [0.2, 0.25) is 9.36 Å². The van der Waals surface area contributed by atoms with Gasteiger partial charge in [-0.1, -0.05) is 37.0 Å². The number of rotatable bonds is 5. The Morgan fingerprint density at radius 1 is 1.41 bits per heavy atom. The Hall–Kier alpha value is 0.490. The van der Waals surface area contributed by atoms with Crippen LogP contribution in [0.4, 0.5) is 0 Å². The van der Waals surface area contributed by atoms with E-state index in [1.807, 2.05) is 5.38 Å². The lowest BCUT2D eigenvalue weighted by atomic mass is 9.93. The molecule has 0 bridgehead atoms. The maximum absolute atomic E-state index is 6.09. The van der Waals surface area contributed by atoms with Crippen molar-refractivity contribution in [1.29, 1.82) is 0 Å². The van der Waals surface area contributed by atoms with E-state index in [4.69, 9.17) is 28.9 Å². The highest BCUT2D eigenvalue weighted by Crippen LogP contribution is 2.33. The van der Waals surface area contributed by atoms with Gasteiger partial charge >= 0.3 is 0 Å². The first kappa shape index (κ1) is 17.5. The number of hydrogen-bond donors (Lipinski definition) is 1. The smallest absolute Gasteiger partial charge is 0.112 e. The third-order valence-corrected chi connectivity index (χ3v) is 4.36. The highest BCUT2D eigenvalue weighted by Gasteiger charge is 2.19. The average Bonchev–Trinajstić information content (AvgIpc) is 2.49. The van der Waals surface area contributed by atoms with E-state index in [-0.39, 0.29) is 17.8 Å². The molecule has 1 rings (SSSR count). The summed E-state index contributed by atoms with van der Waals surface area (Å²) in [5, 5.41) is 2.69. The molecule has 0 aliphatic carbocycles. The summed E-state index contributed by atoms with van der Waals surface area (Å²) in [6.07, 6.45) is 0. The predicted octanol–water partition coefficient (Wildman–Crippen LogP) is 3.89. The molecule has 0 saturated carbocycles. The van der Waals surface area contributed by atoms with Gasteiger partial charge in [-0.2, -0.15) is 0 Å². The second-order valence-corrected chi connectivity index (χ2v) is 6.75. The highest BCUT2D eigenvalue weighted by atomic mass is 35.5. The summed E-state index contributed by atoms with van der Waals surface area (Å²) in [5.74, 6) is 0. The van der Waals surface area contributed by atoms with Crippen LogP contribution in [0, 0.1) is 5.41 Å². The van der Waals surface area contributed by atoms with E-state index in [1.54, 1.807) is 0 Å². The fourth-order valence-corrected chi connectivity index (χ4v) is 2.84. The molecule has 0 saturated heterocycles. The zero-order chi connectivity index (χ0) is 12.3. The van der Waals surface area contributed by atoms with Gasteiger partial charge < -0.3 is 10.6 Å². The highest BCUT2D eigenvalue weighted by molar-refractivity contribution is 7.15. The minimum Gasteiger partial charge on any atom is -0.330 e. The third kappa shape index (κ3) is 5.33. The molecule has 0 radical (unpaired) electrons. The molecule has 0 amide bonds. The SMILES string of the molecule is CN(Cc1csc(Cl)c1Cl)CC(C)(C)CN.Cl. The zero-order valence-electron chi connectivity index (χ0n) is 10.3. The number of halogens is 3. The van der Waals surface area contributed by atoms with E-state index in [1.165, 1.54) is 11.3 Å². The van der Waals surface area contributed by atoms with E-state index in [0.717, 1.165) is 18.7 Å². The van der Waals surface area contributed by atoms with Gasteiger partial charge in [-0.3, -0.25) is 0 Å². The van der Waals surface area contributed by atoms with Gasteiger partial charge in [0, 0.05) is 13.1 Å². The second kappa shape index (κ2) is 7.17. The van der Waals surface area contributed by atoms with E-state index in [9.17, 15) is 0 Å². The Kier molecular flexibility index (Phi) is 7.38. The van der Waals surface area contributed by atoms with Crippen LogP contribution in [0.25, 0.3) is 0 Å². The molecule has 17 heavy (non-hydrogen) atoms. The Morgan fingerprint density at radius 2 is 2.00 bits per heavy atom. The number of nitrogens with zero attached hydrogens (tertiary/aromatic N) is 1. The molecule has 0 aliphatic rings. The lowest BCUT2D eigenvalue weighted by Crippen LogP contribution is -2.36. The molecule has 1 heterocycles. The lowest BCUT2D eigenvalue weighted by Gasteiger charge is -2.28. The maximum atomic E-state index is 6.09. The molecule has 0 atom stereocenters. The summed E-state index contributed by atoms with van der Waals surface area (Å²) in [5.41, 5.74) is 6.93. The van der Waals surface area contributed by atoms with Crippen molar-refractivity contribution in [2.75, 3.05) is 20.1 Å². The summed E-state index contributed by atoms with van der Waals surface area (Å²) in [6.45, 7) is 6.74. The van der Waals surface area contributed by atoms with Crippen LogP contribution in [-0.2, 0) is 6.54 Å². The van der Waals surface area contributed by atoms with E-state index in [2.05, 4.69) is 25.8 Å². The molecule has 100 valence electrons. The van der Waals surface area contributed by atoms with Crippen LogP contribution in [-0.4, -0.2) is 25.0 Å². The van der Waals surface area contributed by atoms with Gasteiger partial charge in [0.25, 0.3) is 0 Å². The van der Waals surface area contributed by atoms with Gasteiger partial charge in [0.15, 0.2) is 0 Å². The van der Waals surface area contributed by atoms with Gasteiger partial charge in [0.05, 0.1) is 5.02 Å². The Balaban J connectivity index is 0.00000256. The molecular formula is C11H19Cl3N2S. The van der Waals surface area contributed by atoms with E-state index < -0.39 is 0 Å². The first-order valence-corrected chi connectivity index (χ1v) is 6.79. The monoisotopic (exact) mass is 316 g/mol. The summed E-state index contributed by atoms with van der Waals surface area (Å²) in [6, 6.07) is 0. The Labute approximate surface area is 123 Å². The molecule has 1 aromatic rings. The predicted molar refractivity (Wildman–Crippen MR) is 80.8 cm³/mol. The fourth-order valence-electron chi connectivity index (χ4n) is 1.60. The van der Waals surface area contributed by atoms with Gasteiger partial charge in [-0.15, -0.1) is 23.7 Å². The summed E-state index contributed by atoms with van der Waals surface area (Å²) in [7, 11) is 2.07. The van der Waals surface area contributed by atoms with Crippen molar-refractivity contribution in [3.8, 4) is 0 Å². The van der Waals surface area contributed by atoms with Gasteiger partial charge in [-0.05, 0) is 30.0 Å². The normalized spacial score (nSPS) is 11.7. The standard InChI is InChI=1S/C11H18Cl2N2S.ClH/c1-11(2,6-14)7-15(3)4-8-5-16-10(13)9(8)12;/h5H,4,6-7,14H2,1-3H3;1H. The first-order valence-electron chi connectivity index (χ1n) is 5.16.